The molecule has 2 aromatic carbocycles. The number of carbonyl (C=O) groups excluding carboxylic acids is 3. The number of hydrogen-bond donors (Lipinski definition) is 0. The van der Waals surface area contributed by atoms with Crippen LogP contribution in [0.5, 0.6) is 0 Å². The van der Waals surface area contributed by atoms with Gasteiger partial charge in [-0.05, 0) is 28.0 Å². The van der Waals surface area contributed by atoms with E-state index in [-0.39, 0.29) is 13.1 Å². The van der Waals surface area contributed by atoms with E-state index >= 15 is 0 Å². The Morgan fingerprint density at radius 2 is 1.75 bits per heavy atom. The predicted molar refractivity (Wildman–Crippen MR) is 73.0 cm³/mol. The van der Waals surface area contributed by atoms with Crippen molar-refractivity contribution in [2.75, 3.05) is 0 Å². The Morgan fingerprint density at radius 3 is 2.45 bits per heavy atom. The lowest BCUT2D eigenvalue weighted by atomic mass is 9.94. The molecule has 0 unspecified atom stereocenters. The average Bonchev–Trinajstić information content (AvgIpc) is 2.49. The van der Waals surface area contributed by atoms with E-state index in [2.05, 4.69) is 9.98 Å². The number of rotatable bonds is 5. The number of hydrogen-bond acceptors (Lipinski definition) is 5. The molecule has 0 bridgehead atoms. The van der Waals surface area contributed by atoms with Gasteiger partial charge in [-0.15, -0.1) is 0 Å². The fraction of sp³-hybridized carbons (Fsp3) is 0.133. The molecule has 2 aromatic rings. The van der Waals surface area contributed by atoms with Crippen molar-refractivity contribution in [1.82, 2.24) is 0 Å². The van der Waals surface area contributed by atoms with Crippen molar-refractivity contribution in [2.45, 2.75) is 13.1 Å². The van der Waals surface area contributed by atoms with Gasteiger partial charge in [0.1, 0.15) is 0 Å². The summed E-state index contributed by atoms with van der Waals surface area (Å²) in [6.07, 6.45) is 3.64. The van der Waals surface area contributed by atoms with E-state index in [1.807, 2.05) is 30.3 Å². The van der Waals surface area contributed by atoms with E-state index in [1.165, 1.54) is 12.2 Å². The van der Waals surface area contributed by atoms with Gasteiger partial charge < -0.3 is 0 Å². The quantitative estimate of drug-likeness (QED) is 0.473. The molecule has 0 saturated heterocycles. The van der Waals surface area contributed by atoms with Gasteiger partial charge in [-0.25, -0.2) is 19.6 Å². The fourth-order valence-corrected chi connectivity index (χ4v) is 2.17. The third-order valence-electron chi connectivity index (χ3n) is 3.03. The molecule has 0 aromatic heterocycles. The Hall–Kier alpha value is -2.87. The first-order valence-corrected chi connectivity index (χ1v) is 5.87. The second kappa shape index (κ2) is 6.34. The molecule has 0 amide bonds. The maximum Gasteiger partial charge on any atom is 0.235 e. The van der Waals surface area contributed by atoms with Crippen molar-refractivity contribution in [2.24, 2.45) is 9.98 Å². The van der Waals surface area contributed by atoms with E-state index in [1.54, 1.807) is 0 Å². The summed E-state index contributed by atoms with van der Waals surface area (Å²) in [6, 6.07) is 9.19. The largest absolute Gasteiger partial charge is 0.298 e. The molecule has 0 atom stereocenters. The number of aldehydes is 1. The Labute approximate surface area is 114 Å². The van der Waals surface area contributed by atoms with Gasteiger partial charge in [0.05, 0.1) is 13.1 Å². The maximum absolute atomic E-state index is 11.4. The minimum Gasteiger partial charge on any atom is -0.298 e. The summed E-state index contributed by atoms with van der Waals surface area (Å²) < 4.78 is 0. The monoisotopic (exact) mass is 266 g/mol. The highest BCUT2D eigenvalue weighted by molar-refractivity contribution is 6.00. The molecule has 5 heteroatoms. The van der Waals surface area contributed by atoms with E-state index < -0.39 is 0 Å². The number of carbonyl (C=O) groups is 1. The van der Waals surface area contributed by atoms with Gasteiger partial charge in [0.25, 0.3) is 0 Å². The summed E-state index contributed by atoms with van der Waals surface area (Å²) in [5.74, 6) is 0. The topological polar surface area (TPSA) is 75.9 Å². The highest BCUT2D eigenvalue weighted by Crippen LogP contribution is 2.26. The Bertz CT molecular complexity index is 755. The summed E-state index contributed by atoms with van der Waals surface area (Å²) in [7, 11) is 0. The molecule has 0 aliphatic rings. The summed E-state index contributed by atoms with van der Waals surface area (Å²) >= 11 is 0. The van der Waals surface area contributed by atoms with Gasteiger partial charge >= 0.3 is 0 Å². The van der Waals surface area contributed by atoms with Crippen LogP contribution in [0.1, 0.15) is 21.5 Å². The molecular formula is C15H10N2O3. The molecule has 20 heavy (non-hydrogen) atoms. The molecule has 0 N–H and O–H groups in total. The normalized spacial score (nSPS) is 9.60. The van der Waals surface area contributed by atoms with Crippen LogP contribution >= 0.6 is 0 Å². The molecule has 0 aliphatic carbocycles. The number of aliphatic imine (C=N–C) groups is 2. The fourth-order valence-electron chi connectivity index (χ4n) is 2.17. The van der Waals surface area contributed by atoms with Gasteiger partial charge in [-0.2, -0.15) is 0 Å². The van der Waals surface area contributed by atoms with E-state index in [4.69, 9.17) is 0 Å². The van der Waals surface area contributed by atoms with E-state index in [0.29, 0.717) is 16.7 Å². The molecule has 0 radical (unpaired) electrons. The first kappa shape index (κ1) is 13.6. The zero-order valence-electron chi connectivity index (χ0n) is 10.5. The third-order valence-corrected chi connectivity index (χ3v) is 3.03. The molecule has 98 valence electrons. The van der Waals surface area contributed by atoms with Crippen LogP contribution in [-0.2, 0) is 22.7 Å². The second-order valence-electron chi connectivity index (χ2n) is 4.08. The highest BCUT2D eigenvalue weighted by Gasteiger charge is 2.12. The summed E-state index contributed by atoms with van der Waals surface area (Å²) in [5, 5.41) is 1.64. The number of fused-ring (bicyclic) bond motifs is 1. The van der Waals surface area contributed by atoms with Crippen molar-refractivity contribution < 1.29 is 14.4 Å². The lowest BCUT2D eigenvalue weighted by Gasteiger charge is -2.11. The van der Waals surface area contributed by atoms with Crippen molar-refractivity contribution >= 4 is 29.2 Å². The highest BCUT2D eigenvalue weighted by atomic mass is 16.1. The Morgan fingerprint density at radius 1 is 1.05 bits per heavy atom. The molecule has 0 spiro atoms. The summed E-state index contributed by atoms with van der Waals surface area (Å²) in [6.45, 7) is 0.130. The molecule has 0 fully saturated rings. The standard InChI is InChI=1S/C15H10N2O3/c18-8-15-13-4-2-1-3-11(13)5-12(6-16-9-19)14(15)7-17-10-20/h1-5,8H,6-7H2. The lowest BCUT2D eigenvalue weighted by molar-refractivity contribution is 0.112. The van der Waals surface area contributed by atoms with Gasteiger partial charge in [-0.1, -0.05) is 24.3 Å². The first-order chi connectivity index (χ1) is 9.81. The van der Waals surface area contributed by atoms with Crippen LogP contribution in [0.25, 0.3) is 10.8 Å². The zero-order valence-corrected chi connectivity index (χ0v) is 10.5. The number of isocyanates is 2. The summed E-state index contributed by atoms with van der Waals surface area (Å²) in [4.78, 5) is 39.0. The summed E-state index contributed by atoms with van der Waals surface area (Å²) in [5.41, 5.74) is 1.72. The Kier molecular flexibility index (Phi) is 4.30. The van der Waals surface area contributed by atoms with Crippen LogP contribution in [0.3, 0.4) is 0 Å². The zero-order chi connectivity index (χ0) is 14.4. The minimum absolute atomic E-state index is 0.0338. The van der Waals surface area contributed by atoms with Crippen LogP contribution in [0.4, 0.5) is 0 Å². The molecule has 5 nitrogen and oxygen atoms in total. The van der Waals surface area contributed by atoms with Crippen LogP contribution in [0.15, 0.2) is 40.3 Å². The predicted octanol–water partition coefficient (Wildman–Crippen LogP) is 2.32. The average molecular weight is 266 g/mol. The smallest absolute Gasteiger partial charge is 0.235 e. The van der Waals surface area contributed by atoms with Gasteiger partial charge in [-0.3, -0.25) is 4.79 Å². The maximum atomic E-state index is 11.4. The van der Waals surface area contributed by atoms with Gasteiger partial charge in [0, 0.05) is 5.56 Å². The van der Waals surface area contributed by atoms with Crippen molar-refractivity contribution in [3.63, 3.8) is 0 Å². The van der Waals surface area contributed by atoms with Gasteiger partial charge in [0.2, 0.25) is 12.2 Å². The SMILES string of the molecule is O=C=NCc1cc2ccccc2c(C=O)c1CN=C=O. The minimum atomic E-state index is 0.0338. The van der Waals surface area contributed by atoms with Crippen molar-refractivity contribution in [3.05, 3.63) is 47.0 Å². The van der Waals surface area contributed by atoms with Crippen LogP contribution in [0.2, 0.25) is 0 Å². The van der Waals surface area contributed by atoms with E-state index in [0.717, 1.165) is 17.1 Å². The Balaban J connectivity index is 2.75. The van der Waals surface area contributed by atoms with E-state index in [9.17, 15) is 14.4 Å². The number of benzene rings is 2. The molecule has 2 rings (SSSR count). The first-order valence-electron chi connectivity index (χ1n) is 5.87. The second-order valence-corrected chi connectivity index (χ2v) is 4.08. The lowest BCUT2D eigenvalue weighted by Crippen LogP contribution is -2.00. The van der Waals surface area contributed by atoms with Crippen LogP contribution in [0, 0.1) is 0 Å². The molecule has 0 aliphatic heterocycles. The molecular weight excluding hydrogens is 256 g/mol. The number of nitrogens with zero attached hydrogens (tertiary/aromatic N) is 2. The van der Waals surface area contributed by atoms with Crippen molar-refractivity contribution in [1.29, 1.82) is 0 Å². The molecule has 0 saturated carbocycles. The van der Waals surface area contributed by atoms with Gasteiger partial charge in [0.15, 0.2) is 6.29 Å². The van der Waals surface area contributed by atoms with Crippen LogP contribution in [-0.4, -0.2) is 18.4 Å². The molecule has 0 heterocycles. The van der Waals surface area contributed by atoms with Crippen molar-refractivity contribution in [3.8, 4) is 0 Å². The third kappa shape index (κ3) is 2.59. The van der Waals surface area contributed by atoms with Crippen LogP contribution < -0.4 is 0 Å².